The second-order valence-electron chi connectivity index (χ2n) is 10.4. The Morgan fingerprint density at radius 2 is 1.82 bits per heavy atom. The highest BCUT2D eigenvalue weighted by Gasteiger charge is 2.30. The van der Waals surface area contributed by atoms with Crippen LogP contribution < -0.4 is 4.74 Å². The minimum Gasteiger partial charge on any atom is -0.497 e. The summed E-state index contributed by atoms with van der Waals surface area (Å²) in [5.74, 6) is 1.18. The van der Waals surface area contributed by atoms with Crippen LogP contribution in [0.3, 0.4) is 0 Å². The number of hydrogen-bond acceptors (Lipinski definition) is 3. The van der Waals surface area contributed by atoms with Gasteiger partial charge in [0.15, 0.2) is 0 Å². The first-order valence-corrected chi connectivity index (χ1v) is 12.4. The molecule has 0 fully saturated rings. The Morgan fingerprint density at radius 3 is 2.44 bits per heavy atom. The van der Waals surface area contributed by atoms with Crippen LogP contribution in [0.2, 0.25) is 0 Å². The molecule has 2 aromatic rings. The minimum atomic E-state index is -0.377. The molecule has 0 saturated heterocycles. The van der Waals surface area contributed by atoms with Gasteiger partial charge < -0.3 is 19.1 Å². The Morgan fingerprint density at radius 1 is 1.09 bits per heavy atom. The summed E-state index contributed by atoms with van der Waals surface area (Å²) < 4.78 is 7.52. The van der Waals surface area contributed by atoms with E-state index in [9.17, 15) is 9.59 Å². The molecule has 0 aliphatic rings. The van der Waals surface area contributed by atoms with Crippen molar-refractivity contribution in [3.8, 4) is 5.75 Å². The number of rotatable bonds is 12. The maximum absolute atomic E-state index is 13.5. The highest BCUT2D eigenvalue weighted by Crippen LogP contribution is 2.21. The molecule has 1 aromatic heterocycles. The highest BCUT2D eigenvalue weighted by atomic mass is 16.5. The van der Waals surface area contributed by atoms with Crippen LogP contribution in [0.25, 0.3) is 0 Å². The molecule has 2 amide bonds. The molecule has 0 spiro atoms. The smallest absolute Gasteiger partial charge is 0.242 e. The largest absolute Gasteiger partial charge is 0.497 e. The quantitative estimate of drug-likeness (QED) is 0.421. The van der Waals surface area contributed by atoms with Gasteiger partial charge in [0.25, 0.3) is 0 Å². The summed E-state index contributed by atoms with van der Waals surface area (Å²) in [7, 11) is 1.67. The van der Waals surface area contributed by atoms with E-state index in [0.29, 0.717) is 32.0 Å². The second-order valence-corrected chi connectivity index (χ2v) is 10.4. The van der Waals surface area contributed by atoms with Gasteiger partial charge >= 0.3 is 0 Å². The molecule has 188 valence electrons. The van der Waals surface area contributed by atoms with Crippen LogP contribution in [-0.2, 0) is 22.7 Å². The molecule has 2 rings (SSSR count). The van der Waals surface area contributed by atoms with Gasteiger partial charge in [-0.2, -0.15) is 0 Å². The molecule has 6 nitrogen and oxygen atoms in total. The Bertz CT molecular complexity index is 927. The van der Waals surface area contributed by atoms with Crippen molar-refractivity contribution in [1.82, 2.24) is 14.4 Å². The van der Waals surface area contributed by atoms with Gasteiger partial charge in [0.1, 0.15) is 5.75 Å². The Hall–Kier alpha value is -2.76. The van der Waals surface area contributed by atoms with Gasteiger partial charge in [-0.3, -0.25) is 9.59 Å². The molecule has 0 unspecified atom stereocenters. The van der Waals surface area contributed by atoms with E-state index >= 15 is 0 Å². The third-order valence-electron chi connectivity index (χ3n) is 5.85. The van der Waals surface area contributed by atoms with Crippen LogP contribution in [-0.4, -0.2) is 51.9 Å². The topological polar surface area (TPSA) is 54.8 Å². The fourth-order valence-electron chi connectivity index (χ4n) is 4.01. The number of hydrogen-bond donors (Lipinski definition) is 0. The van der Waals surface area contributed by atoms with Crippen molar-refractivity contribution in [2.75, 3.05) is 20.2 Å². The lowest BCUT2D eigenvalue weighted by Gasteiger charge is -2.38. The molecule has 0 aliphatic carbocycles. The SMILES string of the molecule is CCCCC(=O)N(CC(=O)N(Cc1cccn1Cc1cccc(OC)c1)C(C)(C)C)CC(C)C. The molecule has 6 heteroatoms. The summed E-state index contributed by atoms with van der Waals surface area (Å²) in [5, 5.41) is 0. The summed E-state index contributed by atoms with van der Waals surface area (Å²) >= 11 is 0. The summed E-state index contributed by atoms with van der Waals surface area (Å²) in [6, 6.07) is 12.1. The molecule has 1 heterocycles. The predicted molar refractivity (Wildman–Crippen MR) is 138 cm³/mol. The van der Waals surface area contributed by atoms with E-state index in [2.05, 4.69) is 37.5 Å². The standard InChI is InChI=1S/C28H43N3O3/c1-8-9-15-26(32)30(18-22(2)3)21-27(33)31(28(4,5)6)20-24-13-11-16-29(24)19-23-12-10-14-25(17-23)34-7/h10-14,16-17,22H,8-9,15,18-21H2,1-7H3. The second kappa shape index (κ2) is 12.6. The first-order valence-electron chi connectivity index (χ1n) is 12.4. The van der Waals surface area contributed by atoms with Crippen molar-refractivity contribution in [2.45, 2.75) is 79.4 Å². The number of carbonyl (C=O) groups is 2. The highest BCUT2D eigenvalue weighted by molar-refractivity contribution is 5.85. The number of aromatic nitrogens is 1. The molecule has 0 aliphatic heterocycles. The summed E-state index contributed by atoms with van der Waals surface area (Å²) in [6.07, 6.45) is 4.35. The van der Waals surface area contributed by atoms with Crippen LogP contribution >= 0.6 is 0 Å². The monoisotopic (exact) mass is 469 g/mol. The molecular weight excluding hydrogens is 426 g/mol. The minimum absolute atomic E-state index is 0.0212. The van der Waals surface area contributed by atoms with E-state index in [1.54, 1.807) is 12.0 Å². The van der Waals surface area contributed by atoms with Crippen molar-refractivity contribution in [1.29, 1.82) is 0 Å². The van der Waals surface area contributed by atoms with Gasteiger partial charge in [-0.25, -0.2) is 0 Å². The maximum Gasteiger partial charge on any atom is 0.242 e. The van der Waals surface area contributed by atoms with E-state index in [4.69, 9.17) is 4.74 Å². The summed E-state index contributed by atoms with van der Waals surface area (Å²) in [5.41, 5.74) is 1.81. The lowest BCUT2D eigenvalue weighted by molar-refractivity contribution is -0.144. The number of amides is 2. The van der Waals surface area contributed by atoms with Crippen LogP contribution in [0.4, 0.5) is 0 Å². The van der Waals surface area contributed by atoms with Gasteiger partial charge in [0.2, 0.25) is 11.8 Å². The van der Waals surface area contributed by atoms with Crippen molar-refractivity contribution in [3.63, 3.8) is 0 Å². The average molecular weight is 470 g/mol. The molecule has 0 saturated carbocycles. The molecule has 1 aromatic carbocycles. The number of ether oxygens (including phenoxy) is 1. The number of nitrogens with zero attached hydrogens (tertiary/aromatic N) is 3. The molecule has 0 atom stereocenters. The van der Waals surface area contributed by atoms with Crippen molar-refractivity contribution >= 4 is 11.8 Å². The summed E-state index contributed by atoms with van der Waals surface area (Å²) in [6.45, 7) is 14.3. The van der Waals surface area contributed by atoms with Crippen LogP contribution in [0.15, 0.2) is 42.6 Å². The fraction of sp³-hybridized carbons (Fsp3) is 0.571. The van der Waals surface area contributed by atoms with Gasteiger partial charge in [0, 0.05) is 36.9 Å². The zero-order chi connectivity index (χ0) is 25.3. The van der Waals surface area contributed by atoms with Gasteiger partial charge in [-0.15, -0.1) is 0 Å². The van der Waals surface area contributed by atoms with Crippen molar-refractivity contribution in [2.24, 2.45) is 5.92 Å². The van der Waals surface area contributed by atoms with Gasteiger partial charge in [0.05, 0.1) is 20.2 Å². The van der Waals surface area contributed by atoms with Gasteiger partial charge in [-0.05, 0) is 62.9 Å². The zero-order valence-electron chi connectivity index (χ0n) is 22.1. The van der Waals surface area contributed by atoms with E-state index in [0.717, 1.165) is 29.8 Å². The number of benzene rings is 1. The average Bonchev–Trinajstić information content (AvgIpc) is 3.20. The maximum atomic E-state index is 13.5. The number of methoxy groups -OCH3 is 1. The summed E-state index contributed by atoms with van der Waals surface area (Å²) in [4.78, 5) is 30.0. The van der Waals surface area contributed by atoms with E-state index in [1.165, 1.54) is 0 Å². The lowest BCUT2D eigenvalue weighted by atomic mass is 10.0. The third kappa shape index (κ3) is 8.23. The lowest BCUT2D eigenvalue weighted by Crippen LogP contribution is -2.50. The van der Waals surface area contributed by atoms with Crippen LogP contribution in [0.1, 0.15) is 72.1 Å². The van der Waals surface area contributed by atoms with Gasteiger partial charge in [-0.1, -0.05) is 39.3 Å². The Kier molecular flexibility index (Phi) is 10.2. The first kappa shape index (κ1) is 27.5. The van der Waals surface area contributed by atoms with E-state index < -0.39 is 0 Å². The van der Waals surface area contributed by atoms with E-state index in [1.807, 2.05) is 56.1 Å². The van der Waals surface area contributed by atoms with Crippen molar-refractivity contribution in [3.05, 3.63) is 53.9 Å². The normalized spacial score (nSPS) is 11.5. The molecule has 0 bridgehead atoms. The Labute approximate surface area is 205 Å². The third-order valence-corrected chi connectivity index (χ3v) is 5.85. The molecule has 34 heavy (non-hydrogen) atoms. The molecule has 0 N–H and O–H groups in total. The molecular formula is C28H43N3O3. The fourth-order valence-corrected chi connectivity index (χ4v) is 4.01. The number of carbonyl (C=O) groups excluding carboxylic acids is 2. The van der Waals surface area contributed by atoms with E-state index in [-0.39, 0.29) is 23.9 Å². The van der Waals surface area contributed by atoms with Crippen LogP contribution in [0.5, 0.6) is 5.75 Å². The zero-order valence-corrected chi connectivity index (χ0v) is 22.1. The first-order chi connectivity index (χ1) is 16.0. The Balaban J connectivity index is 2.21. The predicted octanol–water partition coefficient (Wildman–Crippen LogP) is 5.35. The molecule has 0 radical (unpaired) electrons. The number of unbranched alkanes of at least 4 members (excludes halogenated alkanes) is 1. The van der Waals surface area contributed by atoms with Crippen molar-refractivity contribution < 1.29 is 14.3 Å². The van der Waals surface area contributed by atoms with Crippen LogP contribution in [0, 0.1) is 5.92 Å².